The lowest BCUT2D eigenvalue weighted by Gasteiger charge is -2.30. The van der Waals surface area contributed by atoms with Crippen molar-refractivity contribution in [3.05, 3.63) is 10.6 Å². The van der Waals surface area contributed by atoms with Crippen molar-refractivity contribution < 1.29 is 9.90 Å². The number of carbonyl (C=O) groups excluding carboxylic acids is 1. The zero-order valence-corrected chi connectivity index (χ0v) is 12.2. The molecular weight excluding hydrogens is 262 g/mol. The van der Waals surface area contributed by atoms with E-state index in [4.69, 9.17) is 0 Å². The Balaban J connectivity index is 2.05. The third-order valence-corrected chi connectivity index (χ3v) is 4.47. The first-order valence-electron chi connectivity index (χ1n) is 6.87. The smallest absolute Gasteiger partial charge is 0.265 e. The molecule has 1 aliphatic carbocycles. The van der Waals surface area contributed by atoms with Crippen LogP contribution in [0.25, 0.3) is 0 Å². The topological polar surface area (TPSA) is 75.1 Å². The number of carbonyl (C=O) groups is 1. The molecule has 0 radical (unpaired) electrons. The minimum absolute atomic E-state index is 0.0772. The van der Waals surface area contributed by atoms with E-state index in [1.807, 2.05) is 13.8 Å². The Hall–Kier alpha value is -1.01. The van der Waals surface area contributed by atoms with E-state index in [0.717, 1.165) is 42.9 Å². The van der Waals surface area contributed by atoms with Crippen LogP contribution in [-0.2, 0) is 0 Å². The summed E-state index contributed by atoms with van der Waals surface area (Å²) in [6.07, 6.45) is 4.18. The Kier molecular flexibility index (Phi) is 4.87. The number of rotatable bonds is 4. The molecule has 0 spiro atoms. The quantitative estimate of drug-likeness (QED) is 0.885. The van der Waals surface area contributed by atoms with Gasteiger partial charge in [0.15, 0.2) is 0 Å². The molecule has 1 fully saturated rings. The molecule has 2 unspecified atom stereocenters. The zero-order valence-electron chi connectivity index (χ0n) is 11.4. The summed E-state index contributed by atoms with van der Waals surface area (Å²) in [5.41, 5.74) is 0.763. The van der Waals surface area contributed by atoms with Crippen LogP contribution in [0.15, 0.2) is 0 Å². The number of hydrogen-bond donors (Lipinski definition) is 2. The molecule has 6 heteroatoms. The van der Waals surface area contributed by atoms with Crippen molar-refractivity contribution >= 4 is 17.4 Å². The Morgan fingerprint density at radius 1 is 1.47 bits per heavy atom. The molecule has 5 nitrogen and oxygen atoms in total. The second-order valence-electron chi connectivity index (χ2n) is 5.45. The number of aromatic nitrogens is 2. The molecule has 1 saturated carbocycles. The molecule has 1 aliphatic rings. The predicted octanol–water partition coefficient (Wildman–Crippen LogP) is 1.94. The lowest BCUT2D eigenvalue weighted by molar-refractivity contribution is 0.0875. The molecule has 0 bridgehead atoms. The Morgan fingerprint density at radius 2 is 2.21 bits per heavy atom. The minimum Gasteiger partial charge on any atom is -0.396 e. The lowest BCUT2D eigenvalue weighted by Crippen LogP contribution is -2.43. The average molecular weight is 283 g/mol. The van der Waals surface area contributed by atoms with Crippen molar-refractivity contribution in [1.29, 1.82) is 0 Å². The molecule has 2 N–H and O–H groups in total. The third kappa shape index (κ3) is 3.30. The normalized spacial score (nSPS) is 23.6. The number of amides is 1. The molecule has 0 aromatic carbocycles. The first kappa shape index (κ1) is 14.4. The number of aliphatic hydroxyl groups excluding tert-OH is 1. The molecule has 1 aromatic heterocycles. The number of hydrogen-bond acceptors (Lipinski definition) is 5. The van der Waals surface area contributed by atoms with E-state index in [1.54, 1.807) is 0 Å². The van der Waals surface area contributed by atoms with Gasteiger partial charge in [0.2, 0.25) is 0 Å². The van der Waals surface area contributed by atoms with E-state index in [9.17, 15) is 9.90 Å². The van der Waals surface area contributed by atoms with Gasteiger partial charge >= 0.3 is 0 Å². The van der Waals surface area contributed by atoms with E-state index in [1.165, 1.54) is 0 Å². The van der Waals surface area contributed by atoms with Crippen molar-refractivity contribution in [3.63, 3.8) is 0 Å². The summed E-state index contributed by atoms with van der Waals surface area (Å²) < 4.78 is 3.88. The summed E-state index contributed by atoms with van der Waals surface area (Å²) in [6.45, 7) is 4.15. The van der Waals surface area contributed by atoms with E-state index >= 15 is 0 Å². The first-order chi connectivity index (χ1) is 9.13. The van der Waals surface area contributed by atoms with Crippen LogP contribution in [0.4, 0.5) is 0 Å². The van der Waals surface area contributed by atoms with Crippen molar-refractivity contribution in [3.8, 4) is 0 Å². The molecular formula is C13H21N3O2S. The third-order valence-electron chi connectivity index (χ3n) is 3.73. The standard InChI is InChI=1S/C13H21N3O2S/c1-8(2)11-12(19-16-15-11)13(18)14-10-6-4-3-5-9(10)7-17/h8-10,17H,3-7H2,1-2H3,(H,14,18). The summed E-state index contributed by atoms with van der Waals surface area (Å²) in [4.78, 5) is 12.9. The predicted molar refractivity (Wildman–Crippen MR) is 74.3 cm³/mol. The summed E-state index contributed by atoms with van der Waals surface area (Å²) >= 11 is 1.15. The number of nitrogens with zero attached hydrogens (tertiary/aromatic N) is 2. The van der Waals surface area contributed by atoms with Crippen molar-refractivity contribution in [1.82, 2.24) is 14.9 Å². The second-order valence-corrected chi connectivity index (χ2v) is 6.20. The summed E-state index contributed by atoms with van der Waals surface area (Å²) in [5, 5.41) is 16.5. The molecule has 0 saturated heterocycles. The van der Waals surface area contributed by atoms with Gasteiger partial charge in [-0.3, -0.25) is 4.79 Å². The second kappa shape index (κ2) is 6.43. The maximum atomic E-state index is 12.3. The van der Waals surface area contributed by atoms with E-state index in [2.05, 4.69) is 14.9 Å². The van der Waals surface area contributed by atoms with Crippen LogP contribution < -0.4 is 5.32 Å². The van der Waals surface area contributed by atoms with Gasteiger partial charge < -0.3 is 10.4 Å². The van der Waals surface area contributed by atoms with Crippen LogP contribution in [0.3, 0.4) is 0 Å². The zero-order chi connectivity index (χ0) is 13.8. The molecule has 0 aliphatic heterocycles. The molecule has 19 heavy (non-hydrogen) atoms. The largest absolute Gasteiger partial charge is 0.396 e. The molecule has 1 heterocycles. The highest BCUT2D eigenvalue weighted by Crippen LogP contribution is 2.25. The van der Waals surface area contributed by atoms with Gasteiger partial charge in [0.1, 0.15) is 4.88 Å². The monoisotopic (exact) mass is 283 g/mol. The maximum Gasteiger partial charge on any atom is 0.265 e. The fraction of sp³-hybridized carbons (Fsp3) is 0.769. The van der Waals surface area contributed by atoms with Crippen molar-refractivity contribution in [2.24, 2.45) is 5.92 Å². The molecule has 2 atom stereocenters. The highest BCUT2D eigenvalue weighted by atomic mass is 32.1. The van der Waals surface area contributed by atoms with Gasteiger partial charge in [-0.1, -0.05) is 31.2 Å². The van der Waals surface area contributed by atoms with Crippen LogP contribution in [0.5, 0.6) is 0 Å². The SMILES string of the molecule is CC(C)c1nnsc1C(=O)NC1CCCCC1CO. The summed E-state index contributed by atoms with van der Waals surface area (Å²) in [6, 6.07) is 0.0772. The lowest BCUT2D eigenvalue weighted by atomic mass is 9.85. The van der Waals surface area contributed by atoms with Gasteiger partial charge in [-0.2, -0.15) is 0 Å². The van der Waals surface area contributed by atoms with Gasteiger partial charge in [0.05, 0.1) is 5.69 Å². The van der Waals surface area contributed by atoms with Crippen LogP contribution in [0, 0.1) is 5.92 Å². The van der Waals surface area contributed by atoms with Gasteiger partial charge in [-0.05, 0) is 30.3 Å². The Labute approximate surface area is 117 Å². The van der Waals surface area contributed by atoms with Crippen molar-refractivity contribution in [2.45, 2.75) is 51.5 Å². The molecule has 1 amide bonds. The van der Waals surface area contributed by atoms with Crippen LogP contribution >= 0.6 is 11.5 Å². The Morgan fingerprint density at radius 3 is 2.89 bits per heavy atom. The highest BCUT2D eigenvalue weighted by Gasteiger charge is 2.28. The Bertz CT molecular complexity index is 433. The summed E-state index contributed by atoms with van der Waals surface area (Å²) in [5.74, 6) is 0.282. The van der Waals surface area contributed by atoms with E-state index in [0.29, 0.717) is 4.88 Å². The van der Waals surface area contributed by atoms with E-state index in [-0.39, 0.29) is 30.4 Å². The van der Waals surface area contributed by atoms with Crippen LogP contribution in [-0.4, -0.2) is 33.2 Å². The molecule has 1 aromatic rings. The summed E-state index contributed by atoms with van der Waals surface area (Å²) in [7, 11) is 0. The van der Waals surface area contributed by atoms with Crippen LogP contribution in [0.2, 0.25) is 0 Å². The number of nitrogens with one attached hydrogen (secondary N) is 1. The van der Waals surface area contributed by atoms with Gasteiger partial charge in [-0.25, -0.2) is 0 Å². The van der Waals surface area contributed by atoms with Gasteiger partial charge in [0, 0.05) is 18.6 Å². The molecule has 2 rings (SSSR count). The fourth-order valence-electron chi connectivity index (χ4n) is 2.58. The van der Waals surface area contributed by atoms with Crippen LogP contribution in [0.1, 0.15) is 60.8 Å². The minimum atomic E-state index is -0.0935. The highest BCUT2D eigenvalue weighted by molar-refractivity contribution is 7.08. The maximum absolute atomic E-state index is 12.3. The average Bonchev–Trinajstić information content (AvgIpc) is 2.88. The van der Waals surface area contributed by atoms with E-state index < -0.39 is 0 Å². The number of aliphatic hydroxyl groups is 1. The van der Waals surface area contributed by atoms with Crippen molar-refractivity contribution in [2.75, 3.05) is 6.61 Å². The first-order valence-corrected chi connectivity index (χ1v) is 7.64. The molecule has 106 valence electrons. The fourth-order valence-corrected chi connectivity index (χ4v) is 3.31. The van der Waals surface area contributed by atoms with Gasteiger partial charge in [0.25, 0.3) is 5.91 Å². The van der Waals surface area contributed by atoms with Gasteiger partial charge in [-0.15, -0.1) is 5.10 Å².